The van der Waals surface area contributed by atoms with E-state index in [0.717, 1.165) is 5.52 Å². The summed E-state index contributed by atoms with van der Waals surface area (Å²) in [6, 6.07) is 3.10. The number of hydrogen-bond acceptors (Lipinski definition) is 2. The molecule has 0 fully saturated rings. The molecule has 5 heteroatoms. The molecule has 0 aliphatic heterocycles. The molecule has 0 bridgehead atoms. The summed E-state index contributed by atoms with van der Waals surface area (Å²) in [5.74, 6) is -0.935. The third-order valence-electron chi connectivity index (χ3n) is 1.74. The fourth-order valence-electron chi connectivity index (χ4n) is 1.09. The van der Waals surface area contributed by atoms with Crippen molar-refractivity contribution >= 4 is 27.4 Å². The summed E-state index contributed by atoms with van der Waals surface area (Å²) >= 11 is 3.23. The highest BCUT2D eigenvalue weighted by atomic mass is 79.9. The predicted molar refractivity (Wildman–Crippen MR) is 49.9 cm³/mol. The van der Waals surface area contributed by atoms with Gasteiger partial charge in [0.05, 0.1) is 11.1 Å². The topological polar surface area (TPSA) is 54.6 Å². The molecular weight excluding hydrogens is 236 g/mol. The van der Waals surface area contributed by atoms with Gasteiger partial charge in [0.2, 0.25) is 0 Å². The van der Waals surface area contributed by atoms with Crippen LogP contribution >= 0.6 is 15.9 Å². The van der Waals surface area contributed by atoms with Crippen molar-refractivity contribution in [3.63, 3.8) is 0 Å². The summed E-state index contributed by atoms with van der Waals surface area (Å²) in [4.78, 5) is 14.6. The fraction of sp³-hybridized carbons (Fsp3) is 0. The lowest BCUT2D eigenvalue weighted by molar-refractivity contribution is 0.0697. The summed E-state index contributed by atoms with van der Waals surface area (Å²) in [7, 11) is 0. The van der Waals surface area contributed by atoms with Crippen molar-refractivity contribution in [3.8, 4) is 0 Å². The van der Waals surface area contributed by atoms with Gasteiger partial charge in [0.15, 0.2) is 0 Å². The van der Waals surface area contributed by atoms with Crippen LogP contribution in [0.15, 0.2) is 29.3 Å². The van der Waals surface area contributed by atoms with Crippen LogP contribution in [0.3, 0.4) is 0 Å². The zero-order valence-corrected chi connectivity index (χ0v) is 8.02. The van der Waals surface area contributed by atoms with Gasteiger partial charge in [0, 0.05) is 6.20 Å². The minimum Gasteiger partial charge on any atom is -0.478 e. The first-order valence-corrected chi connectivity index (χ1v) is 4.33. The highest BCUT2D eigenvalue weighted by Crippen LogP contribution is 2.16. The van der Waals surface area contributed by atoms with Crippen molar-refractivity contribution in [2.24, 2.45) is 0 Å². The predicted octanol–water partition coefficient (Wildman–Crippen LogP) is 1.79. The second-order valence-corrected chi connectivity index (χ2v) is 3.30. The molecule has 2 rings (SSSR count). The molecule has 0 unspecified atom stereocenters. The Hall–Kier alpha value is -1.36. The van der Waals surface area contributed by atoms with Gasteiger partial charge in [-0.25, -0.2) is 9.78 Å². The van der Waals surface area contributed by atoms with Crippen LogP contribution in [-0.2, 0) is 0 Å². The van der Waals surface area contributed by atoms with Gasteiger partial charge >= 0.3 is 5.97 Å². The normalized spacial score (nSPS) is 10.5. The second kappa shape index (κ2) is 2.85. The summed E-state index contributed by atoms with van der Waals surface area (Å²) in [5.41, 5.74) is 1.01. The maximum Gasteiger partial charge on any atom is 0.335 e. The number of nitrogens with zero attached hydrogens (tertiary/aromatic N) is 2. The van der Waals surface area contributed by atoms with E-state index < -0.39 is 5.97 Å². The number of pyridine rings is 1. The third-order valence-corrected chi connectivity index (χ3v) is 2.35. The summed E-state index contributed by atoms with van der Waals surface area (Å²) in [6.07, 6.45) is 3.28. The van der Waals surface area contributed by atoms with E-state index in [2.05, 4.69) is 20.9 Å². The third kappa shape index (κ3) is 1.31. The molecule has 0 atom stereocenters. The Bertz CT molecular complexity index is 478. The Balaban J connectivity index is 2.72. The van der Waals surface area contributed by atoms with Gasteiger partial charge in [-0.15, -0.1) is 0 Å². The van der Waals surface area contributed by atoms with Crippen LogP contribution in [0.1, 0.15) is 10.4 Å². The molecule has 2 aromatic heterocycles. The minimum absolute atomic E-state index is 0.258. The summed E-state index contributed by atoms with van der Waals surface area (Å²) in [5, 5.41) is 8.73. The smallest absolute Gasteiger partial charge is 0.335 e. The zero-order valence-electron chi connectivity index (χ0n) is 6.44. The molecule has 0 amide bonds. The standard InChI is InChI=1S/C8H5BrN2O2/c9-7-6-3-5(8(12)13)1-2-11(6)4-10-7/h1-4H,(H,12,13). The van der Waals surface area contributed by atoms with E-state index in [1.807, 2.05) is 0 Å². The largest absolute Gasteiger partial charge is 0.478 e. The molecule has 0 radical (unpaired) electrons. The van der Waals surface area contributed by atoms with Gasteiger partial charge in [0.1, 0.15) is 10.9 Å². The second-order valence-electron chi connectivity index (χ2n) is 2.55. The molecule has 66 valence electrons. The molecule has 4 nitrogen and oxygen atoms in total. The maximum absolute atomic E-state index is 10.6. The average Bonchev–Trinajstić information content (AvgIpc) is 2.47. The van der Waals surface area contributed by atoms with Crippen LogP contribution < -0.4 is 0 Å². The molecule has 0 saturated heterocycles. The van der Waals surface area contributed by atoms with Crippen molar-refractivity contribution in [1.29, 1.82) is 0 Å². The van der Waals surface area contributed by atoms with Crippen LogP contribution in [0.2, 0.25) is 0 Å². The van der Waals surface area contributed by atoms with Gasteiger partial charge in [-0.05, 0) is 28.1 Å². The first kappa shape index (κ1) is 8.25. The lowest BCUT2D eigenvalue weighted by Crippen LogP contribution is -1.96. The Morgan fingerprint density at radius 3 is 3.08 bits per heavy atom. The monoisotopic (exact) mass is 240 g/mol. The number of imidazole rings is 1. The number of aromatic nitrogens is 2. The highest BCUT2D eigenvalue weighted by molar-refractivity contribution is 9.10. The Morgan fingerprint density at radius 1 is 1.62 bits per heavy atom. The zero-order chi connectivity index (χ0) is 9.42. The Kier molecular flexibility index (Phi) is 1.81. The number of carbonyl (C=O) groups is 1. The van der Waals surface area contributed by atoms with Crippen LogP contribution in [0.5, 0.6) is 0 Å². The molecular formula is C8H5BrN2O2. The highest BCUT2D eigenvalue weighted by Gasteiger charge is 2.06. The fourth-order valence-corrected chi connectivity index (χ4v) is 1.50. The van der Waals surface area contributed by atoms with Gasteiger partial charge in [0.25, 0.3) is 0 Å². The first-order chi connectivity index (χ1) is 6.18. The van der Waals surface area contributed by atoms with E-state index >= 15 is 0 Å². The molecule has 0 aliphatic rings. The molecule has 1 N–H and O–H groups in total. The van der Waals surface area contributed by atoms with Crippen LogP contribution in [0.25, 0.3) is 5.52 Å². The van der Waals surface area contributed by atoms with Crippen molar-refractivity contribution < 1.29 is 9.90 Å². The summed E-state index contributed by atoms with van der Waals surface area (Å²) in [6.45, 7) is 0. The van der Waals surface area contributed by atoms with E-state index in [9.17, 15) is 4.79 Å². The Morgan fingerprint density at radius 2 is 2.38 bits per heavy atom. The van der Waals surface area contributed by atoms with Crippen molar-refractivity contribution in [3.05, 3.63) is 34.8 Å². The minimum atomic E-state index is -0.935. The van der Waals surface area contributed by atoms with E-state index in [1.165, 1.54) is 6.07 Å². The van der Waals surface area contributed by atoms with Gasteiger partial charge in [-0.3, -0.25) is 0 Å². The van der Waals surface area contributed by atoms with Crippen LogP contribution in [0, 0.1) is 0 Å². The molecule has 2 heterocycles. The van der Waals surface area contributed by atoms with E-state index in [4.69, 9.17) is 5.11 Å². The number of fused-ring (bicyclic) bond motifs is 1. The number of carboxylic acid groups (broad SMARTS) is 1. The van der Waals surface area contributed by atoms with Crippen LogP contribution in [-0.4, -0.2) is 20.5 Å². The lowest BCUT2D eigenvalue weighted by atomic mass is 10.2. The molecule has 0 aromatic carbocycles. The number of aromatic carboxylic acids is 1. The van der Waals surface area contributed by atoms with Gasteiger partial charge in [-0.1, -0.05) is 0 Å². The quantitative estimate of drug-likeness (QED) is 0.828. The first-order valence-electron chi connectivity index (χ1n) is 3.54. The molecule has 13 heavy (non-hydrogen) atoms. The number of halogens is 1. The number of hydrogen-bond donors (Lipinski definition) is 1. The molecule has 0 spiro atoms. The number of carboxylic acids is 1. The van der Waals surface area contributed by atoms with Crippen molar-refractivity contribution in [2.75, 3.05) is 0 Å². The van der Waals surface area contributed by atoms with Crippen molar-refractivity contribution in [1.82, 2.24) is 9.38 Å². The lowest BCUT2D eigenvalue weighted by Gasteiger charge is -1.96. The van der Waals surface area contributed by atoms with E-state index in [-0.39, 0.29) is 5.56 Å². The SMILES string of the molecule is O=C(O)c1ccn2cnc(Br)c2c1. The van der Waals surface area contributed by atoms with E-state index in [0.29, 0.717) is 4.60 Å². The molecule has 0 aliphatic carbocycles. The van der Waals surface area contributed by atoms with E-state index in [1.54, 1.807) is 23.0 Å². The molecule has 0 saturated carbocycles. The number of rotatable bonds is 1. The van der Waals surface area contributed by atoms with Gasteiger partial charge < -0.3 is 9.51 Å². The van der Waals surface area contributed by atoms with Crippen LogP contribution in [0.4, 0.5) is 0 Å². The molecule has 2 aromatic rings. The average molecular weight is 241 g/mol. The van der Waals surface area contributed by atoms with Crippen molar-refractivity contribution in [2.45, 2.75) is 0 Å². The Labute approximate surface area is 82.0 Å². The maximum atomic E-state index is 10.6. The summed E-state index contributed by atoms with van der Waals surface area (Å²) < 4.78 is 2.40. The van der Waals surface area contributed by atoms with Gasteiger partial charge in [-0.2, -0.15) is 0 Å².